The van der Waals surface area contributed by atoms with Gasteiger partial charge in [-0.15, -0.1) is 0 Å². The Kier molecular flexibility index (Phi) is 4.54. The highest BCUT2D eigenvalue weighted by molar-refractivity contribution is 5.73. The van der Waals surface area contributed by atoms with Gasteiger partial charge >= 0.3 is 5.97 Å². The lowest BCUT2D eigenvalue weighted by Gasteiger charge is -2.22. The van der Waals surface area contributed by atoms with E-state index < -0.39 is 5.97 Å². The van der Waals surface area contributed by atoms with E-state index in [-0.39, 0.29) is 6.04 Å². The van der Waals surface area contributed by atoms with E-state index in [9.17, 15) is 4.79 Å². The topological polar surface area (TPSA) is 49.8 Å². The van der Waals surface area contributed by atoms with Gasteiger partial charge in [0.25, 0.3) is 0 Å². The van der Waals surface area contributed by atoms with E-state index in [0.29, 0.717) is 18.3 Å². The van der Waals surface area contributed by atoms with Crippen LogP contribution in [0.5, 0.6) is 0 Å². The third-order valence-electron chi connectivity index (χ3n) is 3.29. The summed E-state index contributed by atoms with van der Waals surface area (Å²) in [4.78, 5) is 13.1. The molecule has 1 aliphatic rings. The number of hydrogen-bond acceptors (Lipinski definition) is 3. The van der Waals surface area contributed by atoms with E-state index >= 15 is 0 Å². The third kappa shape index (κ3) is 2.92. The predicted octanol–water partition coefficient (Wildman–Crippen LogP) is 1.06. The van der Waals surface area contributed by atoms with Crippen LogP contribution in [-0.2, 0) is 9.53 Å². The van der Waals surface area contributed by atoms with Crippen LogP contribution in [0, 0.1) is 11.8 Å². The van der Waals surface area contributed by atoms with Gasteiger partial charge in [-0.05, 0) is 18.3 Å². The monoisotopic (exact) mass is 215 g/mol. The molecule has 0 bridgehead atoms. The molecule has 3 atom stereocenters. The molecule has 4 nitrogen and oxygen atoms in total. The maximum atomic E-state index is 11.0. The molecule has 0 spiro atoms. The van der Waals surface area contributed by atoms with Gasteiger partial charge in [-0.3, -0.25) is 9.69 Å². The summed E-state index contributed by atoms with van der Waals surface area (Å²) in [5, 5.41) is 9.06. The van der Waals surface area contributed by atoms with Crippen molar-refractivity contribution in [2.45, 2.75) is 26.3 Å². The minimum atomic E-state index is -0.706. The number of ether oxygens (including phenoxy) is 1. The van der Waals surface area contributed by atoms with Gasteiger partial charge in [-0.1, -0.05) is 13.8 Å². The maximum Gasteiger partial charge on any atom is 0.320 e. The van der Waals surface area contributed by atoms with Crippen molar-refractivity contribution in [1.29, 1.82) is 0 Å². The van der Waals surface area contributed by atoms with Crippen molar-refractivity contribution >= 4 is 5.97 Å². The first kappa shape index (κ1) is 12.5. The van der Waals surface area contributed by atoms with Crippen LogP contribution < -0.4 is 0 Å². The second-order valence-electron chi connectivity index (χ2n) is 4.41. The molecular formula is C11H21NO3. The van der Waals surface area contributed by atoms with Crippen LogP contribution in [0.15, 0.2) is 0 Å². The van der Waals surface area contributed by atoms with Gasteiger partial charge < -0.3 is 9.84 Å². The first-order chi connectivity index (χ1) is 7.10. The number of carboxylic acid groups (broad SMARTS) is 1. The minimum Gasteiger partial charge on any atom is -0.480 e. The summed E-state index contributed by atoms with van der Waals surface area (Å²) in [5.41, 5.74) is 0. The molecule has 4 heteroatoms. The molecule has 1 saturated heterocycles. The largest absolute Gasteiger partial charge is 0.480 e. The Bertz CT molecular complexity index is 220. The molecule has 1 heterocycles. The lowest BCUT2D eigenvalue weighted by Crippen LogP contribution is -2.39. The fraction of sp³-hybridized carbons (Fsp3) is 0.909. The van der Waals surface area contributed by atoms with Gasteiger partial charge in [0.05, 0.1) is 6.61 Å². The molecule has 0 amide bonds. The molecule has 1 N–H and O–H groups in total. The Balaban J connectivity index is 2.55. The molecular weight excluding hydrogens is 194 g/mol. The van der Waals surface area contributed by atoms with Crippen molar-refractivity contribution in [3.8, 4) is 0 Å². The zero-order chi connectivity index (χ0) is 11.4. The number of carboxylic acids is 1. The van der Waals surface area contributed by atoms with Crippen molar-refractivity contribution in [2.75, 3.05) is 26.8 Å². The number of likely N-dealkylation sites (tertiary alicyclic amines) is 1. The summed E-state index contributed by atoms with van der Waals surface area (Å²) >= 11 is 0. The van der Waals surface area contributed by atoms with Crippen LogP contribution in [0.3, 0.4) is 0 Å². The number of hydrogen-bond donors (Lipinski definition) is 1. The number of carbonyl (C=O) groups is 1. The van der Waals surface area contributed by atoms with E-state index in [1.807, 2.05) is 6.92 Å². The average molecular weight is 215 g/mol. The first-order valence-corrected chi connectivity index (χ1v) is 5.55. The molecule has 1 fully saturated rings. The third-order valence-corrected chi connectivity index (χ3v) is 3.29. The zero-order valence-corrected chi connectivity index (χ0v) is 9.77. The van der Waals surface area contributed by atoms with Gasteiger partial charge in [0, 0.05) is 20.2 Å². The molecule has 1 rings (SSSR count). The number of methoxy groups -OCH3 is 1. The van der Waals surface area contributed by atoms with Gasteiger partial charge in [0.1, 0.15) is 6.04 Å². The lowest BCUT2D eigenvalue weighted by atomic mass is 10.00. The molecule has 0 saturated carbocycles. The lowest BCUT2D eigenvalue weighted by molar-refractivity contribution is -0.143. The van der Waals surface area contributed by atoms with Crippen LogP contribution >= 0.6 is 0 Å². The number of aliphatic carboxylic acids is 1. The molecule has 0 unspecified atom stereocenters. The minimum absolute atomic E-state index is 0.325. The molecule has 1 aliphatic heterocycles. The van der Waals surface area contributed by atoms with Crippen LogP contribution in [0.2, 0.25) is 0 Å². The van der Waals surface area contributed by atoms with Crippen LogP contribution in [0.1, 0.15) is 20.3 Å². The molecule has 0 radical (unpaired) electrons. The molecule has 88 valence electrons. The molecule has 0 aromatic heterocycles. The van der Waals surface area contributed by atoms with Crippen LogP contribution in [-0.4, -0.2) is 48.8 Å². The van der Waals surface area contributed by atoms with E-state index in [4.69, 9.17) is 9.84 Å². The normalized spacial score (nSPS) is 29.3. The zero-order valence-electron chi connectivity index (χ0n) is 9.77. The average Bonchev–Trinajstić information content (AvgIpc) is 2.49. The SMILES string of the molecule is CC[C@H](C(=O)O)N1C[C@H](COC)[C@@H](C)C1. The van der Waals surface area contributed by atoms with E-state index in [1.165, 1.54) is 0 Å². The van der Waals surface area contributed by atoms with Gasteiger partial charge in [-0.25, -0.2) is 0 Å². The molecule has 0 aromatic carbocycles. The van der Waals surface area contributed by atoms with Crippen molar-refractivity contribution in [3.05, 3.63) is 0 Å². The summed E-state index contributed by atoms with van der Waals surface area (Å²) in [6, 6.07) is -0.325. The first-order valence-electron chi connectivity index (χ1n) is 5.55. The highest BCUT2D eigenvalue weighted by Gasteiger charge is 2.35. The second-order valence-corrected chi connectivity index (χ2v) is 4.41. The Hall–Kier alpha value is -0.610. The van der Waals surface area contributed by atoms with Gasteiger partial charge in [0.2, 0.25) is 0 Å². The predicted molar refractivity (Wildman–Crippen MR) is 57.8 cm³/mol. The summed E-state index contributed by atoms with van der Waals surface area (Å²) in [5.74, 6) is 0.296. The summed E-state index contributed by atoms with van der Waals surface area (Å²) < 4.78 is 5.14. The fourth-order valence-corrected chi connectivity index (χ4v) is 2.35. The second kappa shape index (κ2) is 5.47. The maximum absolute atomic E-state index is 11.0. The number of nitrogens with zero attached hydrogens (tertiary/aromatic N) is 1. The van der Waals surface area contributed by atoms with Crippen molar-refractivity contribution in [3.63, 3.8) is 0 Å². The van der Waals surface area contributed by atoms with Gasteiger partial charge in [0.15, 0.2) is 0 Å². The molecule has 15 heavy (non-hydrogen) atoms. The Morgan fingerprint density at radius 2 is 2.27 bits per heavy atom. The summed E-state index contributed by atoms with van der Waals surface area (Å²) in [6.07, 6.45) is 0.668. The highest BCUT2D eigenvalue weighted by atomic mass is 16.5. The molecule has 0 aliphatic carbocycles. The van der Waals surface area contributed by atoms with Crippen molar-refractivity contribution in [2.24, 2.45) is 11.8 Å². The summed E-state index contributed by atoms with van der Waals surface area (Å²) in [7, 11) is 1.70. The van der Waals surface area contributed by atoms with Crippen LogP contribution in [0.25, 0.3) is 0 Å². The van der Waals surface area contributed by atoms with Gasteiger partial charge in [-0.2, -0.15) is 0 Å². The van der Waals surface area contributed by atoms with E-state index in [2.05, 4.69) is 11.8 Å². The van der Waals surface area contributed by atoms with Crippen LogP contribution in [0.4, 0.5) is 0 Å². The van der Waals surface area contributed by atoms with Crippen molar-refractivity contribution < 1.29 is 14.6 Å². The fourth-order valence-electron chi connectivity index (χ4n) is 2.35. The smallest absolute Gasteiger partial charge is 0.320 e. The standard InChI is InChI=1S/C11H21NO3/c1-4-10(11(13)14)12-5-8(2)9(6-12)7-15-3/h8-10H,4-7H2,1-3H3,(H,13,14)/t8-,9+,10+/m0/s1. The van der Waals surface area contributed by atoms with E-state index in [0.717, 1.165) is 19.7 Å². The molecule has 0 aromatic rings. The Morgan fingerprint density at radius 3 is 2.73 bits per heavy atom. The highest BCUT2D eigenvalue weighted by Crippen LogP contribution is 2.25. The summed E-state index contributed by atoms with van der Waals surface area (Å²) in [6.45, 7) is 6.54. The quantitative estimate of drug-likeness (QED) is 0.745. The van der Waals surface area contributed by atoms with E-state index in [1.54, 1.807) is 7.11 Å². The van der Waals surface area contributed by atoms with Crippen molar-refractivity contribution in [1.82, 2.24) is 4.90 Å². The Morgan fingerprint density at radius 1 is 1.60 bits per heavy atom. The Labute approximate surface area is 91.2 Å². The number of rotatable bonds is 5.